The third-order valence-electron chi connectivity index (χ3n) is 4.04. The second kappa shape index (κ2) is 7.21. The number of aromatic amines is 1. The smallest absolute Gasteiger partial charge is 0.269 e. The predicted molar refractivity (Wildman–Crippen MR) is 95.3 cm³/mol. The molecule has 0 unspecified atom stereocenters. The summed E-state index contributed by atoms with van der Waals surface area (Å²) >= 11 is 0. The SMILES string of the molecule is Cc1cc(C(=O)NCC(=O)NCCc2c[nH]c3ccccc23)n(C)n1. The Morgan fingerprint density at radius 2 is 2.04 bits per heavy atom. The van der Waals surface area contributed by atoms with Gasteiger partial charge in [-0.15, -0.1) is 0 Å². The molecule has 0 spiro atoms. The fraction of sp³-hybridized carbons (Fsp3) is 0.278. The molecule has 0 saturated heterocycles. The van der Waals surface area contributed by atoms with Crippen molar-refractivity contribution in [1.82, 2.24) is 25.4 Å². The fourth-order valence-electron chi connectivity index (χ4n) is 2.81. The molecule has 3 N–H and O–H groups in total. The van der Waals surface area contributed by atoms with Gasteiger partial charge in [-0.3, -0.25) is 14.3 Å². The van der Waals surface area contributed by atoms with Gasteiger partial charge >= 0.3 is 0 Å². The Bertz CT molecular complexity index is 909. The number of para-hydroxylation sites is 1. The summed E-state index contributed by atoms with van der Waals surface area (Å²) < 4.78 is 1.50. The van der Waals surface area contributed by atoms with Crippen molar-refractivity contribution >= 4 is 22.7 Å². The molecule has 0 aliphatic rings. The normalized spacial score (nSPS) is 10.8. The highest BCUT2D eigenvalue weighted by atomic mass is 16.2. The average molecular weight is 339 g/mol. The number of hydrogen-bond acceptors (Lipinski definition) is 3. The van der Waals surface area contributed by atoms with Crippen LogP contribution in [0.2, 0.25) is 0 Å². The minimum Gasteiger partial charge on any atom is -0.361 e. The van der Waals surface area contributed by atoms with Crippen LogP contribution in [0.5, 0.6) is 0 Å². The number of rotatable bonds is 6. The summed E-state index contributed by atoms with van der Waals surface area (Å²) in [6.07, 6.45) is 2.69. The summed E-state index contributed by atoms with van der Waals surface area (Å²) in [6.45, 7) is 2.27. The number of fused-ring (bicyclic) bond motifs is 1. The molecule has 2 amide bonds. The highest BCUT2D eigenvalue weighted by Crippen LogP contribution is 2.17. The van der Waals surface area contributed by atoms with E-state index in [9.17, 15) is 9.59 Å². The van der Waals surface area contributed by atoms with Crippen LogP contribution in [0.25, 0.3) is 10.9 Å². The van der Waals surface area contributed by atoms with E-state index in [1.165, 1.54) is 4.68 Å². The molecular formula is C18H21N5O2. The lowest BCUT2D eigenvalue weighted by molar-refractivity contribution is -0.120. The predicted octanol–water partition coefficient (Wildman–Crippen LogP) is 1.30. The molecule has 7 nitrogen and oxygen atoms in total. The van der Waals surface area contributed by atoms with Crippen LogP contribution >= 0.6 is 0 Å². The van der Waals surface area contributed by atoms with Crippen LogP contribution in [0, 0.1) is 6.92 Å². The van der Waals surface area contributed by atoms with Gasteiger partial charge in [0.2, 0.25) is 5.91 Å². The minimum absolute atomic E-state index is 0.0586. The first-order valence-corrected chi connectivity index (χ1v) is 8.15. The van der Waals surface area contributed by atoms with Gasteiger partial charge in [-0.25, -0.2) is 0 Å². The highest BCUT2D eigenvalue weighted by Gasteiger charge is 2.12. The van der Waals surface area contributed by atoms with Gasteiger partial charge in [0.1, 0.15) is 5.69 Å². The zero-order valence-corrected chi connectivity index (χ0v) is 14.3. The number of hydrogen-bond donors (Lipinski definition) is 3. The lowest BCUT2D eigenvalue weighted by Crippen LogP contribution is -2.38. The van der Waals surface area contributed by atoms with Crippen molar-refractivity contribution < 1.29 is 9.59 Å². The van der Waals surface area contributed by atoms with E-state index >= 15 is 0 Å². The Morgan fingerprint density at radius 1 is 1.24 bits per heavy atom. The van der Waals surface area contributed by atoms with E-state index in [0.29, 0.717) is 12.2 Å². The van der Waals surface area contributed by atoms with Crippen molar-refractivity contribution in [2.45, 2.75) is 13.3 Å². The molecular weight excluding hydrogens is 318 g/mol. The van der Waals surface area contributed by atoms with Gasteiger partial charge in [-0.1, -0.05) is 18.2 Å². The van der Waals surface area contributed by atoms with Crippen molar-refractivity contribution in [3.63, 3.8) is 0 Å². The van der Waals surface area contributed by atoms with Gasteiger partial charge in [-0.05, 0) is 31.0 Å². The van der Waals surface area contributed by atoms with E-state index in [1.54, 1.807) is 13.1 Å². The van der Waals surface area contributed by atoms with Crippen LogP contribution in [0.3, 0.4) is 0 Å². The summed E-state index contributed by atoms with van der Waals surface area (Å²) in [5, 5.41) is 10.7. The summed E-state index contributed by atoms with van der Waals surface area (Å²) in [7, 11) is 1.70. The van der Waals surface area contributed by atoms with E-state index in [4.69, 9.17) is 0 Å². The first-order chi connectivity index (χ1) is 12.0. The molecule has 0 bridgehead atoms. The molecule has 2 aromatic heterocycles. The average Bonchev–Trinajstić information content (AvgIpc) is 3.16. The van der Waals surface area contributed by atoms with Crippen molar-refractivity contribution in [3.05, 3.63) is 53.5 Å². The first kappa shape index (κ1) is 16.8. The number of carbonyl (C=O) groups excluding carboxylic acids is 2. The maximum atomic E-state index is 12.0. The van der Waals surface area contributed by atoms with Crippen LogP contribution in [0.1, 0.15) is 21.7 Å². The van der Waals surface area contributed by atoms with Crippen LogP contribution in [-0.2, 0) is 18.3 Å². The van der Waals surface area contributed by atoms with Gasteiger partial charge in [0.25, 0.3) is 5.91 Å². The maximum Gasteiger partial charge on any atom is 0.269 e. The second-order valence-corrected chi connectivity index (χ2v) is 5.94. The molecule has 0 fully saturated rings. The zero-order chi connectivity index (χ0) is 17.8. The molecule has 7 heteroatoms. The number of aromatic nitrogens is 3. The number of amides is 2. The van der Waals surface area contributed by atoms with Crippen molar-refractivity contribution in [3.8, 4) is 0 Å². The van der Waals surface area contributed by atoms with Crippen molar-refractivity contribution in [2.75, 3.05) is 13.1 Å². The molecule has 2 heterocycles. The van der Waals surface area contributed by atoms with E-state index < -0.39 is 0 Å². The minimum atomic E-state index is -0.310. The number of nitrogens with one attached hydrogen (secondary N) is 3. The lowest BCUT2D eigenvalue weighted by atomic mass is 10.1. The van der Waals surface area contributed by atoms with E-state index in [0.717, 1.165) is 28.6 Å². The molecule has 3 aromatic rings. The molecule has 0 aliphatic carbocycles. The van der Waals surface area contributed by atoms with Crippen LogP contribution in [0.15, 0.2) is 36.5 Å². The number of aryl methyl sites for hydroxylation is 2. The second-order valence-electron chi connectivity index (χ2n) is 5.94. The quantitative estimate of drug-likeness (QED) is 0.632. The monoisotopic (exact) mass is 339 g/mol. The van der Waals surface area contributed by atoms with Crippen molar-refractivity contribution in [1.29, 1.82) is 0 Å². The van der Waals surface area contributed by atoms with Crippen LogP contribution < -0.4 is 10.6 Å². The molecule has 0 atom stereocenters. The van der Waals surface area contributed by atoms with Crippen LogP contribution in [0.4, 0.5) is 0 Å². The third kappa shape index (κ3) is 3.88. The molecule has 3 rings (SSSR count). The zero-order valence-electron chi connectivity index (χ0n) is 14.3. The van der Waals surface area contributed by atoms with E-state index in [-0.39, 0.29) is 18.4 Å². The molecule has 25 heavy (non-hydrogen) atoms. The number of benzene rings is 1. The largest absolute Gasteiger partial charge is 0.361 e. The Balaban J connectivity index is 1.45. The van der Waals surface area contributed by atoms with E-state index in [1.807, 2.05) is 31.3 Å². The first-order valence-electron chi connectivity index (χ1n) is 8.15. The summed E-state index contributed by atoms with van der Waals surface area (Å²) in [4.78, 5) is 27.2. The molecule has 1 aromatic carbocycles. The highest BCUT2D eigenvalue weighted by molar-refractivity contribution is 5.95. The fourth-order valence-corrected chi connectivity index (χ4v) is 2.81. The van der Waals surface area contributed by atoms with Gasteiger partial charge in [0.05, 0.1) is 12.2 Å². The number of carbonyl (C=O) groups is 2. The van der Waals surface area contributed by atoms with Crippen molar-refractivity contribution in [2.24, 2.45) is 7.05 Å². The summed E-state index contributed by atoms with van der Waals surface area (Å²) in [5.41, 5.74) is 3.44. The molecule has 130 valence electrons. The van der Waals surface area contributed by atoms with E-state index in [2.05, 4.69) is 26.8 Å². The Labute approximate surface area is 145 Å². The topological polar surface area (TPSA) is 91.8 Å². The van der Waals surface area contributed by atoms with Gasteiger partial charge in [-0.2, -0.15) is 5.10 Å². The number of nitrogens with zero attached hydrogens (tertiary/aromatic N) is 2. The Kier molecular flexibility index (Phi) is 4.83. The van der Waals surface area contributed by atoms with Gasteiger partial charge in [0, 0.05) is 30.7 Å². The van der Waals surface area contributed by atoms with Gasteiger partial charge < -0.3 is 15.6 Å². The van der Waals surface area contributed by atoms with Gasteiger partial charge in [0.15, 0.2) is 0 Å². The summed E-state index contributed by atoms with van der Waals surface area (Å²) in [6, 6.07) is 9.74. The standard InChI is InChI=1S/C18H21N5O2/c1-12-9-16(23(2)22-12)18(25)21-11-17(24)19-8-7-13-10-20-15-6-4-3-5-14(13)15/h3-6,9-10,20H,7-8,11H2,1-2H3,(H,19,24)(H,21,25). The Hall–Kier alpha value is -3.09. The molecule has 0 saturated carbocycles. The summed E-state index contributed by atoms with van der Waals surface area (Å²) in [5.74, 6) is -0.526. The number of H-pyrrole nitrogens is 1. The lowest BCUT2D eigenvalue weighted by Gasteiger charge is -2.07. The van der Waals surface area contributed by atoms with Crippen LogP contribution in [-0.4, -0.2) is 39.7 Å². The third-order valence-corrected chi connectivity index (χ3v) is 4.04. The Morgan fingerprint density at radius 3 is 2.80 bits per heavy atom. The molecule has 0 aliphatic heterocycles. The maximum absolute atomic E-state index is 12.0. The molecule has 0 radical (unpaired) electrons.